The van der Waals surface area contributed by atoms with Crippen LogP contribution in [0.25, 0.3) is 0 Å². The summed E-state index contributed by atoms with van der Waals surface area (Å²) in [5, 5.41) is 12.6. The van der Waals surface area contributed by atoms with Crippen LogP contribution in [0.5, 0.6) is 0 Å². The fourth-order valence-corrected chi connectivity index (χ4v) is 6.10. The Bertz CT molecular complexity index is 1330. The van der Waals surface area contributed by atoms with Crippen molar-refractivity contribution in [1.29, 1.82) is 5.26 Å². The molecule has 3 aliphatic heterocycles. The predicted molar refractivity (Wildman–Crippen MR) is 135 cm³/mol. The van der Waals surface area contributed by atoms with Crippen molar-refractivity contribution in [3.63, 3.8) is 0 Å². The van der Waals surface area contributed by atoms with Gasteiger partial charge in [0.1, 0.15) is 28.9 Å². The molecule has 5 rings (SSSR count). The molecule has 2 fully saturated rings. The lowest BCUT2D eigenvalue weighted by Crippen LogP contribution is -2.56. The van der Waals surface area contributed by atoms with Gasteiger partial charge in [0.2, 0.25) is 5.91 Å². The minimum Gasteiger partial charge on any atom is -0.363 e. The molecule has 2 aromatic rings. The minimum atomic E-state index is -1.05. The number of carbonyl (C=O) groups excluding carboxylic acids is 2. The number of hydrogen-bond acceptors (Lipinski definition) is 7. The molecule has 9 nitrogen and oxygen atoms in total. The second-order valence-corrected chi connectivity index (χ2v) is 10.6. The normalized spacial score (nSPS) is 24.0. The number of alkyl halides is 1. The Hall–Kier alpha value is -3.65. The molecule has 38 heavy (non-hydrogen) atoms. The number of rotatable bonds is 5. The molecule has 4 heterocycles. The number of aromatic nitrogens is 2. The average molecular weight is 524 g/mol. The first-order valence-electron chi connectivity index (χ1n) is 12.8. The largest absolute Gasteiger partial charge is 0.363 e. The molecule has 1 aromatic heterocycles. The second kappa shape index (κ2) is 9.91. The van der Waals surface area contributed by atoms with Crippen molar-refractivity contribution in [2.45, 2.75) is 50.7 Å². The number of likely N-dealkylation sites (tertiary alicyclic amines) is 2. The minimum absolute atomic E-state index is 0.0289. The van der Waals surface area contributed by atoms with E-state index >= 15 is 0 Å². The number of aryl methyl sites for hydroxylation is 1. The quantitative estimate of drug-likeness (QED) is 0.642. The molecule has 3 aliphatic rings. The van der Waals surface area contributed by atoms with Gasteiger partial charge in [0, 0.05) is 30.8 Å². The summed E-state index contributed by atoms with van der Waals surface area (Å²) < 4.78 is 28.0. The molecule has 1 spiro atoms. The van der Waals surface area contributed by atoms with Crippen molar-refractivity contribution in [1.82, 2.24) is 24.7 Å². The lowest BCUT2D eigenvalue weighted by Gasteiger charge is -2.43. The van der Waals surface area contributed by atoms with E-state index in [1.54, 1.807) is 30.9 Å². The zero-order valence-electron chi connectivity index (χ0n) is 21.8. The maximum absolute atomic E-state index is 15.0. The van der Waals surface area contributed by atoms with Gasteiger partial charge in [-0.3, -0.25) is 9.59 Å². The van der Waals surface area contributed by atoms with Crippen LogP contribution in [-0.2, 0) is 21.5 Å². The molecule has 0 radical (unpaired) electrons. The summed E-state index contributed by atoms with van der Waals surface area (Å²) >= 11 is 0. The second-order valence-electron chi connectivity index (χ2n) is 10.6. The van der Waals surface area contributed by atoms with E-state index in [2.05, 4.69) is 15.2 Å². The van der Waals surface area contributed by atoms with E-state index in [9.17, 15) is 23.6 Å². The molecule has 11 heteroatoms. The number of fused-ring (bicyclic) bond motifs is 2. The molecule has 0 bridgehead atoms. The maximum atomic E-state index is 15.0. The number of benzene rings is 1. The van der Waals surface area contributed by atoms with Gasteiger partial charge in [-0.05, 0) is 46.3 Å². The maximum Gasteiger partial charge on any atom is 0.254 e. The number of nitrogens with zero attached hydrogens (tertiary/aromatic N) is 6. The van der Waals surface area contributed by atoms with Gasteiger partial charge in [-0.2, -0.15) is 5.26 Å². The van der Waals surface area contributed by atoms with Gasteiger partial charge in [-0.15, -0.1) is 0 Å². The Morgan fingerprint density at radius 1 is 1.34 bits per heavy atom. The van der Waals surface area contributed by atoms with E-state index in [4.69, 9.17) is 4.98 Å². The van der Waals surface area contributed by atoms with Gasteiger partial charge in [0.05, 0.1) is 29.9 Å². The topological polar surface area (TPSA) is 105 Å². The molecule has 1 unspecified atom stereocenters. The van der Waals surface area contributed by atoms with E-state index in [0.717, 1.165) is 12.1 Å². The number of nitrogens with one attached hydrogen (secondary N) is 1. The molecule has 0 saturated carbocycles. The van der Waals surface area contributed by atoms with Crippen LogP contribution in [0.2, 0.25) is 0 Å². The van der Waals surface area contributed by atoms with Crippen molar-refractivity contribution in [3.8, 4) is 6.07 Å². The van der Waals surface area contributed by atoms with Crippen molar-refractivity contribution >= 4 is 17.6 Å². The van der Waals surface area contributed by atoms with Crippen LogP contribution in [0.3, 0.4) is 0 Å². The van der Waals surface area contributed by atoms with Crippen LogP contribution in [0.15, 0.2) is 18.2 Å². The molecular formula is C27H31F2N7O2. The fraction of sp³-hybridized carbons (Fsp3) is 0.519. The van der Waals surface area contributed by atoms with Gasteiger partial charge >= 0.3 is 0 Å². The summed E-state index contributed by atoms with van der Waals surface area (Å²) in [7, 11) is 1.97. The third-order valence-corrected chi connectivity index (χ3v) is 8.07. The monoisotopic (exact) mass is 523 g/mol. The third-order valence-electron chi connectivity index (χ3n) is 8.07. The van der Waals surface area contributed by atoms with Gasteiger partial charge in [0.15, 0.2) is 6.67 Å². The standard InChI is InChI=1S/C27H31F2N7O2/c1-16(20-6-4-5-18(12-30)23(20)29)31-25-21-14-36(19-7-9-35(13-19)22(37)11-28)26(38)27(8-10-34(3)15-27)24(21)32-17(2)33-25/h4-6,16,19H,7-11,13-15H2,1-3H3,(H,31,32,33)/t16-,19-,27?/m1/s1. The van der Waals surface area contributed by atoms with Crippen LogP contribution < -0.4 is 5.32 Å². The number of halogens is 2. The zero-order chi connectivity index (χ0) is 27.2. The Labute approximate surface area is 220 Å². The highest BCUT2D eigenvalue weighted by molar-refractivity contribution is 5.91. The zero-order valence-corrected chi connectivity index (χ0v) is 21.8. The first-order chi connectivity index (χ1) is 18.2. The van der Waals surface area contributed by atoms with Gasteiger partial charge in [-0.1, -0.05) is 12.1 Å². The average Bonchev–Trinajstić information content (AvgIpc) is 3.54. The van der Waals surface area contributed by atoms with E-state index in [1.165, 1.54) is 11.0 Å². The van der Waals surface area contributed by atoms with Gasteiger partial charge < -0.3 is 20.0 Å². The van der Waals surface area contributed by atoms with Crippen LogP contribution in [0.1, 0.15) is 54.0 Å². The Morgan fingerprint density at radius 3 is 2.82 bits per heavy atom. The van der Waals surface area contributed by atoms with Crippen LogP contribution in [-0.4, -0.2) is 82.4 Å². The van der Waals surface area contributed by atoms with Crippen LogP contribution in [0.4, 0.5) is 14.6 Å². The molecule has 2 amide bonds. The highest BCUT2D eigenvalue weighted by atomic mass is 19.1. The SMILES string of the molecule is Cc1nc(N[C@H](C)c2cccc(C#N)c2F)c2c(n1)C1(CCN(C)C1)C(=O)N([C@@H]1CCN(C(=O)CF)C1)C2. The highest BCUT2D eigenvalue weighted by Crippen LogP contribution is 2.44. The first kappa shape index (κ1) is 26.0. The van der Waals surface area contributed by atoms with Crippen molar-refractivity contribution in [2.75, 3.05) is 45.2 Å². The number of likely N-dealkylation sites (N-methyl/N-ethyl adjacent to an activating group) is 1. The molecule has 1 N–H and O–H groups in total. The Morgan fingerprint density at radius 2 is 2.13 bits per heavy atom. The predicted octanol–water partition coefficient (Wildman–Crippen LogP) is 2.45. The van der Waals surface area contributed by atoms with Crippen LogP contribution >= 0.6 is 0 Å². The summed E-state index contributed by atoms with van der Waals surface area (Å²) in [5.41, 5.74) is 0.898. The molecule has 200 valence electrons. The lowest BCUT2D eigenvalue weighted by atomic mass is 9.76. The molecule has 2 saturated heterocycles. The Kier molecular flexibility index (Phi) is 6.77. The van der Waals surface area contributed by atoms with Gasteiger partial charge in [-0.25, -0.2) is 18.7 Å². The Balaban J connectivity index is 1.55. The molecular weight excluding hydrogens is 492 g/mol. The van der Waals surface area contributed by atoms with E-state index in [0.29, 0.717) is 48.8 Å². The number of amides is 2. The summed E-state index contributed by atoms with van der Waals surface area (Å²) in [6.45, 7) is 4.66. The third kappa shape index (κ3) is 4.26. The summed E-state index contributed by atoms with van der Waals surface area (Å²) in [4.78, 5) is 41.0. The van der Waals surface area contributed by atoms with Gasteiger partial charge in [0.25, 0.3) is 5.91 Å². The highest BCUT2D eigenvalue weighted by Gasteiger charge is 2.54. The molecule has 0 aliphatic carbocycles. The number of carbonyl (C=O) groups is 2. The van der Waals surface area contributed by atoms with E-state index < -0.39 is 29.9 Å². The number of nitriles is 1. The van der Waals surface area contributed by atoms with Crippen molar-refractivity contribution in [3.05, 3.63) is 52.2 Å². The smallest absolute Gasteiger partial charge is 0.254 e. The number of anilines is 1. The molecule has 3 atom stereocenters. The summed E-state index contributed by atoms with van der Waals surface area (Å²) in [6.07, 6.45) is 1.16. The van der Waals surface area contributed by atoms with Crippen molar-refractivity contribution in [2.24, 2.45) is 0 Å². The fourth-order valence-electron chi connectivity index (χ4n) is 6.10. The summed E-state index contributed by atoms with van der Waals surface area (Å²) in [5.74, 6) is -0.157. The van der Waals surface area contributed by atoms with Crippen molar-refractivity contribution < 1.29 is 18.4 Å². The lowest BCUT2D eigenvalue weighted by molar-refractivity contribution is -0.142. The summed E-state index contributed by atoms with van der Waals surface area (Å²) in [6, 6.07) is 5.83. The van der Waals surface area contributed by atoms with E-state index in [1.807, 2.05) is 13.1 Å². The molecule has 1 aromatic carbocycles. The van der Waals surface area contributed by atoms with Crippen LogP contribution in [0, 0.1) is 24.1 Å². The van der Waals surface area contributed by atoms with E-state index in [-0.39, 0.29) is 30.6 Å². The first-order valence-corrected chi connectivity index (χ1v) is 12.8. The number of hydrogen-bond donors (Lipinski definition) is 1.